The number of aliphatic hydroxyl groups is 1. The van der Waals surface area contributed by atoms with Gasteiger partial charge in [-0.05, 0) is 74.9 Å². The Morgan fingerprint density at radius 2 is 2.00 bits per heavy atom. The molecule has 0 bridgehead atoms. The number of carboxylic acids is 1. The summed E-state index contributed by atoms with van der Waals surface area (Å²) in [5, 5.41) is 46.7. The third-order valence-electron chi connectivity index (χ3n) is 9.60. The Hall–Kier alpha value is -2.15. The molecule has 7 heteroatoms. The van der Waals surface area contributed by atoms with Crippen molar-refractivity contribution >= 4 is 17.4 Å². The summed E-state index contributed by atoms with van der Waals surface area (Å²) in [6, 6.07) is 0. The number of hydrogen-bond donors (Lipinski definition) is 4. The number of oxime groups is 2. The van der Waals surface area contributed by atoms with Gasteiger partial charge in [0.2, 0.25) is 0 Å². The Labute approximate surface area is 183 Å². The summed E-state index contributed by atoms with van der Waals surface area (Å²) in [4.78, 5) is 11.4. The minimum absolute atomic E-state index is 0.0238. The summed E-state index contributed by atoms with van der Waals surface area (Å²) in [7, 11) is 0. The molecule has 4 N–H and O–H groups in total. The summed E-state index contributed by atoms with van der Waals surface area (Å²) in [5.41, 5.74) is 1.21. The van der Waals surface area contributed by atoms with E-state index in [2.05, 4.69) is 30.2 Å². The van der Waals surface area contributed by atoms with E-state index in [1.165, 1.54) is 5.57 Å². The first-order chi connectivity index (χ1) is 14.6. The minimum Gasteiger partial charge on any atom is -0.481 e. The molecule has 4 rings (SSSR count). The van der Waals surface area contributed by atoms with Gasteiger partial charge in [0.05, 0.1) is 11.8 Å². The lowest BCUT2D eigenvalue weighted by Crippen LogP contribution is -2.58. The first kappa shape index (κ1) is 22.1. The van der Waals surface area contributed by atoms with E-state index >= 15 is 0 Å². The molecular weight excluding hydrogens is 396 g/mol. The Kier molecular flexibility index (Phi) is 5.31. The van der Waals surface area contributed by atoms with Crippen molar-refractivity contribution in [2.24, 2.45) is 44.3 Å². The van der Waals surface area contributed by atoms with E-state index in [1.807, 2.05) is 12.2 Å². The van der Waals surface area contributed by atoms with E-state index in [9.17, 15) is 25.4 Å². The molecule has 0 aliphatic heterocycles. The lowest BCUT2D eigenvalue weighted by atomic mass is 9.44. The van der Waals surface area contributed by atoms with Crippen molar-refractivity contribution in [2.45, 2.75) is 71.8 Å². The molecule has 0 unspecified atom stereocenters. The number of carbonyl (C=O) groups is 1. The van der Waals surface area contributed by atoms with Gasteiger partial charge in [-0.15, -0.1) is 0 Å². The highest BCUT2D eigenvalue weighted by molar-refractivity contribution is 6.05. The molecule has 0 amide bonds. The summed E-state index contributed by atoms with van der Waals surface area (Å²) in [6.07, 6.45) is 9.89. The molecule has 0 saturated heterocycles. The van der Waals surface area contributed by atoms with Gasteiger partial charge in [-0.3, -0.25) is 4.79 Å². The van der Waals surface area contributed by atoms with Crippen LogP contribution in [0.15, 0.2) is 34.1 Å². The fourth-order valence-corrected chi connectivity index (χ4v) is 8.12. The second-order valence-corrected chi connectivity index (χ2v) is 10.5. The Balaban J connectivity index is 1.74. The number of allylic oxidation sites excluding steroid dienone is 4. The van der Waals surface area contributed by atoms with E-state index in [1.54, 1.807) is 6.92 Å². The Bertz CT molecular complexity index is 892. The van der Waals surface area contributed by atoms with Crippen molar-refractivity contribution in [3.8, 4) is 0 Å². The molecule has 3 saturated carbocycles. The van der Waals surface area contributed by atoms with Gasteiger partial charge in [0.1, 0.15) is 5.71 Å². The normalized spacial score (nSPS) is 45.6. The summed E-state index contributed by atoms with van der Waals surface area (Å²) in [5.74, 6) is -0.166. The predicted octanol–water partition coefficient (Wildman–Crippen LogP) is 4.23. The second kappa shape index (κ2) is 7.47. The monoisotopic (exact) mass is 430 g/mol. The van der Waals surface area contributed by atoms with Crippen molar-refractivity contribution in [1.29, 1.82) is 0 Å². The number of aliphatic carboxylic acids is 1. The number of aliphatic hydroxyl groups excluding tert-OH is 1. The van der Waals surface area contributed by atoms with Crippen LogP contribution in [-0.2, 0) is 4.79 Å². The molecule has 0 aromatic heterocycles. The highest BCUT2D eigenvalue weighted by Crippen LogP contribution is 2.70. The molecule has 4 aliphatic rings. The average molecular weight is 431 g/mol. The molecule has 0 spiro atoms. The van der Waals surface area contributed by atoms with Gasteiger partial charge in [-0.25, -0.2) is 0 Å². The van der Waals surface area contributed by atoms with Gasteiger partial charge in [0.15, 0.2) is 0 Å². The molecule has 7 nitrogen and oxygen atoms in total. The van der Waals surface area contributed by atoms with Crippen LogP contribution in [0, 0.1) is 34.0 Å². The van der Waals surface area contributed by atoms with Crippen molar-refractivity contribution in [1.82, 2.24) is 0 Å². The highest BCUT2D eigenvalue weighted by atomic mass is 16.4. The third kappa shape index (κ3) is 2.99. The number of hydrogen-bond acceptors (Lipinski definition) is 6. The van der Waals surface area contributed by atoms with Crippen LogP contribution >= 0.6 is 0 Å². The van der Waals surface area contributed by atoms with Gasteiger partial charge in [-0.1, -0.05) is 35.8 Å². The van der Waals surface area contributed by atoms with Crippen LogP contribution in [0.1, 0.15) is 65.7 Å². The number of rotatable bonds is 4. The average Bonchev–Trinajstić information content (AvgIpc) is 3.03. The van der Waals surface area contributed by atoms with E-state index in [0.717, 1.165) is 25.7 Å². The maximum absolute atomic E-state index is 11.5. The van der Waals surface area contributed by atoms with Gasteiger partial charge in [0.25, 0.3) is 0 Å². The van der Waals surface area contributed by atoms with E-state index < -0.39 is 17.5 Å². The van der Waals surface area contributed by atoms with Gasteiger partial charge in [-0.2, -0.15) is 0 Å². The minimum atomic E-state index is -0.847. The second-order valence-electron chi connectivity index (χ2n) is 10.5. The van der Waals surface area contributed by atoms with E-state index in [4.69, 9.17) is 0 Å². The van der Waals surface area contributed by atoms with Crippen LogP contribution in [-0.4, -0.2) is 44.1 Å². The van der Waals surface area contributed by atoms with Crippen LogP contribution in [0.25, 0.3) is 0 Å². The van der Waals surface area contributed by atoms with Crippen LogP contribution in [0.2, 0.25) is 0 Å². The maximum Gasteiger partial charge on any atom is 0.303 e. The predicted molar refractivity (Wildman–Crippen MR) is 116 cm³/mol. The van der Waals surface area contributed by atoms with Crippen molar-refractivity contribution in [3.63, 3.8) is 0 Å². The molecule has 170 valence electrons. The van der Waals surface area contributed by atoms with Gasteiger partial charge >= 0.3 is 5.97 Å². The highest BCUT2D eigenvalue weighted by Gasteiger charge is 2.66. The van der Waals surface area contributed by atoms with Crippen molar-refractivity contribution < 1.29 is 25.4 Å². The third-order valence-corrected chi connectivity index (χ3v) is 9.60. The molecule has 3 fully saturated rings. The van der Waals surface area contributed by atoms with Crippen LogP contribution < -0.4 is 0 Å². The Morgan fingerprint density at radius 1 is 1.26 bits per heavy atom. The first-order valence-corrected chi connectivity index (χ1v) is 11.3. The molecule has 0 aromatic carbocycles. The standard InChI is InChI=1S/C24H34N2O5/c1-14(25-30)24(11-8-20(28)29)10-7-18-17-5-4-15-12-16(26-31)6-9-22(15,2)21(17)19(27)13-23(18,24)3/h6,9,12,17-19,21,27,30-31H,4-5,7-8,10-11,13H2,1-3H3,(H,28,29)/b25-14+,26-16?/t17-,18-,19-,21+,22-,23-,24-/m0/s1. The lowest BCUT2D eigenvalue weighted by Gasteiger charge is -2.61. The summed E-state index contributed by atoms with van der Waals surface area (Å²) in [6.45, 7) is 6.16. The zero-order valence-corrected chi connectivity index (χ0v) is 18.6. The topological polar surface area (TPSA) is 123 Å². The molecule has 0 radical (unpaired) electrons. The van der Waals surface area contributed by atoms with Crippen LogP contribution in [0.3, 0.4) is 0 Å². The van der Waals surface area contributed by atoms with Gasteiger partial charge < -0.3 is 20.6 Å². The van der Waals surface area contributed by atoms with Crippen molar-refractivity contribution in [2.75, 3.05) is 0 Å². The zero-order valence-electron chi connectivity index (χ0n) is 18.6. The smallest absolute Gasteiger partial charge is 0.303 e. The van der Waals surface area contributed by atoms with Gasteiger partial charge in [0, 0.05) is 23.2 Å². The maximum atomic E-state index is 11.5. The number of carboxylic acid groups (broad SMARTS) is 1. The molecule has 4 aliphatic carbocycles. The molecule has 31 heavy (non-hydrogen) atoms. The summed E-state index contributed by atoms with van der Waals surface area (Å²) < 4.78 is 0. The summed E-state index contributed by atoms with van der Waals surface area (Å²) >= 11 is 0. The van der Waals surface area contributed by atoms with E-state index in [-0.39, 0.29) is 23.2 Å². The van der Waals surface area contributed by atoms with Crippen LogP contribution in [0.5, 0.6) is 0 Å². The van der Waals surface area contributed by atoms with Crippen LogP contribution in [0.4, 0.5) is 0 Å². The molecule has 0 aromatic rings. The van der Waals surface area contributed by atoms with Crippen molar-refractivity contribution in [3.05, 3.63) is 23.8 Å². The number of fused-ring (bicyclic) bond motifs is 5. The first-order valence-electron chi connectivity index (χ1n) is 11.3. The molecule has 7 atom stereocenters. The lowest BCUT2D eigenvalue weighted by molar-refractivity contribution is -0.140. The number of nitrogens with zero attached hydrogens (tertiary/aromatic N) is 2. The molecule has 0 heterocycles. The largest absolute Gasteiger partial charge is 0.481 e. The quantitative estimate of drug-likeness (QED) is 0.302. The Morgan fingerprint density at radius 3 is 2.65 bits per heavy atom. The fourth-order valence-electron chi connectivity index (χ4n) is 8.12. The molecular formula is C24H34N2O5. The zero-order chi connectivity index (χ0) is 22.6. The SMILES string of the molecule is C/C(=N\O)[C@@]1(CCC(=O)O)CC[C@H]2[C@@H]3CCC4=CC(=NO)C=C[C@]4(C)[C@H]3[C@@H](O)C[C@@]21C. The van der Waals surface area contributed by atoms with E-state index in [0.29, 0.717) is 36.1 Å². The fraction of sp³-hybridized carbons (Fsp3) is 0.708.